The van der Waals surface area contributed by atoms with Gasteiger partial charge in [-0.15, -0.1) is 0 Å². The van der Waals surface area contributed by atoms with E-state index in [2.05, 4.69) is 21.4 Å². The molecule has 2 aromatic heterocycles. The zero-order chi connectivity index (χ0) is 63.4. The third-order valence-corrected chi connectivity index (χ3v) is 4.80. The van der Waals surface area contributed by atoms with E-state index >= 15 is 0 Å². The van der Waals surface area contributed by atoms with Crippen molar-refractivity contribution >= 4 is 1350 Å². The van der Waals surface area contributed by atoms with Gasteiger partial charge in [0.05, 0.1) is 28.1 Å². The first-order valence-electron chi connectivity index (χ1n) is 29.9. The maximum absolute atomic E-state index is 13.8. The summed E-state index contributed by atoms with van der Waals surface area (Å²) < 4.78 is 15.8. The summed E-state index contributed by atoms with van der Waals surface area (Å²) in [6, 6.07) is 12.0. The van der Waals surface area contributed by atoms with Crippen LogP contribution in [0.25, 0.3) is 22.2 Å². The fourth-order valence-electron chi connectivity index (χ4n) is 3.32. The van der Waals surface area contributed by atoms with Crippen molar-refractivity contribution in [1.29, 1.82) is 5.26 Å². The molecule has 4 rings (SSSR count). The summed E-state index contributed by atoms with van der Waals surface area (Å²) in [5, 5.41) is 24.4. The van der Waals surface area contributed by atoms with Crippen LogP contribution in [0.2, 0.25) is 0 Å². The Labute approximate surface area is 1390 Å². The van der Waals surface area contributed by atoms with Crippen molar-refractivity contribution in [2.45, 2.75) is 6.92 Å². The molecule has 0 fully saturated rings. The zero-order valence-electron chi connectivity index (χ0n) is 58.0. The molecule has 0 unspecified atom stereocenters. The molecule has 0 saturated carbocycles. The second-order valence-electron chi connectivity index (χ2n) is 6.74. The van der Waals surface area contributed by atoms with E-state index < -0.39 is 16.4 Å². The first-order chi connectivity index (χ1) is 35.4. The van der Waals surface area contributed by atoms with Gasteiger partial charge in [-0.3, -0.25) is 10.1 Å². The minimum atomic E-state index is -0.916. The fraction of sp³-hybridized carbons (Fsp3) is 0.0952. The molecule has 72 heavy (non-hydrogen) atoms. The van der Waals surface area contributed by atoms with Crippen LogP contribution in [0.1, 0.15) is 11.1 Å². The van der Waals surface area contributed by atoms with E-state index in [0.29, 0.717) is 22.5 Å². The van der Waals surface area contributed by atoms with Crippen LogP contribution in [-0.4, -0.2) is 1350 Å². The summed E-state index contributed by atoms with van der Waals surface area (Å²) in [5.74, 6) is -0.777. The molecule has 0 spiro atoms. The number of hydrogen-bond donors (Lipinski definition) is 1. The number of benzene rings is 2. The number of fused-ring (bicyclic) bond motifs is 1. The second-order valence-corrected chi connectivity index (χ2v) is 6.74. The van der Waals surface area contributed by atoms with Crippen molar-refractivity contribution in [3.8, 4) is 17.3 Å². The van der Waals surface area contributed by atoms with E-state index in [4.69, 9.17) is 0 Å². The number of nitrogens with one attached hydrogen (secondary N) is 1. The summed E-state index contributed by atoms with van der Waals surface area (Å²) in [5.41, 5.74) is 2.58. The molecule has 0 radical (unpaired) electrons. The molecule has 0 amide bonds. The number of nitrogens with zero attached hydrogens (tertiary/aromatic N) is 5. The number of rotatable bonds is 4. The molecule has 0 aliphatic carbocycles. The van der Waals surface area contributed by atoms with Gasteiger partial charge in [-0.1, -0.05) is 18.2 Å². The Morgan fingerprint density at radius 2 is 0.889 bits per heavy atom. The van der Waals surface area contributed by atoms with E-state index in [1.54, 1.807) is 6.92 Å². The van der Waals surface area contributed by atoms with Gasteiger partial charge in [-0.05, 0) is 24.6 Å². The normalized spacial score (nSPS) is 6.81. The van der Waals surface area contributed by atoms with Crippen LogP contribution in [-0.2, 0) is 7.05 Å². The van der Waals surface area contributed by atoms with Gasteiger partial charge < -0.3 is 9.88 Å². The van der Waals surface area contributed by atoms with Crippen LogP contribution < -0.4 is 5.32 Å². The van der Waals surface area contributed by atoms with Crippen molar-refractivity contribution in [3.63, 3.8) is 0 Å². The molecule has 0 atom stereocenters. The second kappa shape index (κ2) is 194. The van der Waals surface area contributed by atoms with Gasteiger partial charge in [0.2, 0.25) is 11.8 Å². The summed E-state index contributed by atoms with van der Waals surface area (Å²) >= 11 is 52.5. The number of anilines is 2. The van der Waals surface area contributed by atoms with E-state index in [-0.39, 0.29) is 5.95 Å². The van der Waals surface area contributed by atoms with Gasteiger partial charge >= 0.3 is 1330 Å². The van der Waals surface area contributed by atoms with Gasteiger partial charge in [-0.25, -0.2) is 9.97 Å². The Hall–Kier alpha value is 64.4. The van der Waals surface area contributed by atoms with Crippen molar-refractivity contribution < 1.29 is 9.31 Å². The van der Waals surface area contributed by atoms with Crippen molar-refractivity contribution in [1.82, 2.24) is 14.5 Å². The Kier molecular flexibility index (Phi) is 480. The van der Waals surface area contributed by atoms with Crippen LogP contribution in [0.4, 0.5) is 21.7 Å². The average molecular weight is 2040 g/mol. The Morgan fingerprint density at radius 3 is 1.19 bits per heavy atom. The van der Waals surface area contributed by atoms with Crippen molar-refractivity contribution in [3.05, 3.63) is 75.9 Å². The van der Waals surface area contributed by atoms with Crippen LogP contribution in [0.15, 0.2) is 48.8 Å². The topological polar surface area (TPSA) is 110 Å². The standard InChI is InChI=1S/C21H15FN6O2.42K/c1-12-7-16(22)19(28(29)30)8-17(12)25-21-24-10-13(9-23)20(26-21)15-11-27(2)18-6-4-3-5-14(15)18;;;;;;;;;;;;;;;;;;;;;;;;;;;;;;;;;;;;;;;;;;/h3-8,10-11H,1-2H3,(H,24,25,26);;;;;;;;;;;;;;;;;;;;;;;;;;;;;;;;;;;;;;;;;;. The number of nitriles is 1. The van der Waals surface area contributed by atoms with Crippen LogP contribution in [0, 0.1) is 34.2 Å². The van der Waals surface area contributed by atoms with Gasteiger partial charge in [0.15, 0.2) is 0 Å². The molecule has 2 aromatic carbocycles. The van der Waals surface area contributed by atoms with E-state index in [0.717, 1.165) is 28.6 Å². The molecule has 8 nitrogen and oxygen atoms in total. The van der Waals surface area contributed by atoms with Crippen LogP contribution in [0.3, 0.4) is 0 Å². The molecule has 0 aliphatic heterocycles. The molecule has 1 N–H and O–H groups in total. The van der Waals surface area contributed by atoms with E-state index in [1.165, 1.54) is 1330 Å². The third kappa shape index (κ3) is 141. The first kappa shape index (κ1) is 178. The van der Waals surface area contributed by atoms with Crippen LogP contribution in [0.5, 0.6) is 0 Å². The summed E-state index contributed by atoms with van der Waals surface area (Å²) in [6.45, 7) is 1.62. The van der Waals surface area contributed by atoms with E-state index in [1.807, 2.05) is 42.1 Å². The monoisotopic (exact) mass is 2040 g/mol. The third-order valence-electron chi connectivity index (χ3n) is 4.80. The Morgan fingerprint density at radius 1 is 0.569 bits per heavy atom. The minimum absolute atomic E-state index is 0.140. The number of hydrogen-bond acceptors (Lipinski definition) is 6. The number of nitro benzene ring substituents is 1. The number of nitro groups is 1. The molecule has 190 valence electrons. The molecule has 51 heteroatoms. The molecule has 4 aromatic rings. The predicted molar refractivity (Wildman–Crippen MR) is 351 cm³/mol. The molecule has 0 aliphatic rings. The summed E-state index contributed by atoms with van der Waals surface area (Å²) in [7, 11) is 1.90. The SMILES string of the molecule is Cc1cc(F)c([N+](=O)[O-])cc1Nc1ncc(C#N)c(-c2cn(C)c3ccccc23)n1.[K][K].[K][K].[K][K].[K][K].[K][K].[K][K].[K][K].[K][K].[K][K].[K][K].[K][K].[K][K].[K][K].[K][K].[K][K].[K][K].[K][K].[K][K].[K][K].[K][K].[K][K]. The maximum atomic E-state index is 13.8. The quantitative estimate of drug-likeness (QED) is 0.124. The van der Waals surface area contributed by atoms with Crippen LogP contribution >= 0.6 is 0 Å². The summed E-state index contributed by atoms with van der Waals surface area (Å²) in [6.07, 6.45) is 3.27. The Bertz CT molecular complexity index is 1430. The molecule has 0 saturated heterocycles. The fourth-order valence-corrected chi connectivity index (χ4v) is 3.32. The summed E-state index contributed by atoms with van der Waals surface area (Å²) in [4.78, 5) is 18.9. The molecule has 0 bridgehead atoms. The van der Waals surface area contributed by atoms with Gasteiger partial charge in [0.25, 0.3) is 0 Å². The Balaban J connectivity index is -0.0000000366. The zero-order valence-corrected chi connectivity index (χ0v) is 189. The predicted octanol–water partition coefficient (Wildman–Crippen LogP) is -11.4. The molecular weight excluding hydrogens is 2030 g/mol. The first-order valence-corrected chi connectivity index (χ1v) is 366. The van der Waals surface area contributed by atoms with Crippen molar-refractivity contribution in [2.24, 2.45) is 7.05 Å². The molecular formula is C21H15FK42N6O2. The number of aryl methyl sites for hydroxylation is 2. The van der Waals surface area contributed by atoms with Gasteiger partial charge in [0.1, 0.15) is 6.07 Å². The number of para-hydroxylation sites is 1. The number of halogens is 1. The van der Waals surface area contributed by atoms with Gasteiger partial charge in [-0.2, -0.15) is 9.65 Å². The van der Waals surface area contributed by atoms with Crippen molar-refractivity contribution in [2.75, 3.05) is 5.32 Å². The number of aromatic nitrogens is 3. The van der Waals surface area contributed by atoms with Gasteiger partial charge in [0, 0.05) is 35.8 Å². The average Bonchev–Trinajstić information content (AvgIpc) is 3.87. The van der Waals surface area contributed by atoms with E-state index in [9.17, 15) is 19.8 Å². The molecule has 2 heterocycles.